The van der Waals surface area contributed by atoms with Crippen LogP contribution in [0, 0.1) is 34.1 Å². The van der Waals surface area contributed by atoms with Gasteiger partial charge in [0.15, 0.2) is 0 Å². The Balaban J connectivity index is 0.00000272. The Morgan fingerprint density at radius 1 is 0.882 bits per heavy atom. The van der Waals surface area contributed by atoms with Crippen LogP contribution in [-0.4, -0.2) is 19.0 Å². The molecule has 1 heterocycles. The van der Waals surface area contributed by atoms with Gasteiger partial charge in [-0.15, -0.1) is 17.3 Å². The van der Waals surface area contributed by atoms with Gasteiger partial charge in [0, 0.05) is 10.1 Å². The molecule has 1 aliphatic heterocycles. The molecule has 0 radical (unpaired) electrons. The average molecular weight is 530 g/mol. The van der Waals surface area contributed by atoms with E-state index in [9.17, 15) is 0 Å². The number of thioether (sulfide) groups is 1. The fourth-order valence-electron chi connectivity index (χ4n) is 6.40. The van der Waals surface area contributed by atoms with Gasteiger partial charge in [-0.3, -0.25) is 0 Å². The van der Waals surface area contributed by atoms with Crippen molar-refractivity contribution in [2.75, 3.05) is 0 Å². The second-order valence-corrected chi connectivity index (χ2v) is 16.0. The van der Waals surface area contributed by atoms with Crippen molar-refractivity contribution in [2.24, 2.45) is 11.8 Å². The van der Waals surface area contributed by atoms with Gasteiger partial charge >= 0.3 is 21.7 Å². The van der Waals surface area contributed by atoms with Gasteiger partial charge < -0.3 is 27.3 Å². The van der Waals surface area contributed by atoms with Crippen molar-refractivity contribution < 1.29 is 21.7 Å². The fraction of sp³-hybridized carbons (Fsp3) is 0.500. The van der Waals surface area contributed by atoms with E-state index in [1.165, 1.54) is 10.5 Å². The zero-order chi connectivity index (χ0) is 21.8. The molecule has 1 fully saturated rings. The van der Waals surface area contributed by atoms with Crippen LogP contribution in [0.15, 0.2) is 53.4 Å². The third-order valence-electron chi connectivity index (χ3n) is 7.56. The summed E-state index contributed by atoms with van der Waals surface area (Å²) in [4.78, 5) is 7.28. The van der Waals surface area contributed by atoms with Crippen molar-refractivity contribution in [3.05, 3.63) is 86.9 Å². The third-order valence-corrected chi connectivity index (χ3v) is 14.1. The van der Waals surface area contributed by atoms with Gasteiger partial charge in [-0.05, 0) is 54.6 Å². The van der Waals surface area contributed by atoms with Crippen LogP contribution >= 0.6 is 11.8 Å². The minimum Gasteiger partial charge on any atom is -0.656 e. The number of rotatable bonds is 4. The second-order valence-electron chi connectivity index (χ2n) is 11.1. The molecule has 1 aliphatic carbocycles. The number of nitrogens with zero attached hydrogens (tertiary/aromatic N) is 1. The largest absolute Gasteiger partial charge is 4.00 e. The molecule has 1 nitrogen and oxygen atoms in total. The summed E-state index contributed by atoms with van der Waals surface area (Å²) >= 11 is 2.16. The number of benzene rings is 2. The van der Waals surface area contributed by atoms with Gasteiger partial charge in [0.05, 0.1) is 0 Å². The summed E-state index contributed by atoms with van der Waals surface area (Å²) in [5, 5.41) is 2.23. The molecule has 4 heteroatoms. The van der Waals surface area contributed by atoms with E-state index in [0.717, 1.165) is 0 Å². The average Bonchev–Trinajstić information content (AvgIpc) is 3.15. The van der Waals surface area contributed by atoms with Crippen molar-refractivity contribution in [2.45, 2.75) is 88.1 Å². The Bertz CT molecular complexity index is 924. The minimum atomic E-state index is -2.16. The predicted octanol–water partition coefficient (Wildman–Crippen LogP) is 9.03. The molecule has 0 saturated heterocycles. The molecule has 6 atom stereocenters. The molecule has 0 N–H and O–H groups in total. The predicted molar refractivity (Wildman–Crippen MR) is 155 cm³/mol. The number of hydrogen-bond acceptors (Lipinski definition) is 1. The third kappa shape index (κ3) is 5.80. The summed E-state index contributed by atoms with van der Waals surface area (Å²) in [5.41, 5.74) is 3.73. The Kier molecular flexibility index (Phi) is 12.2. The molecule has 4 rings (SSSR count). The molecule has 0 amide bonds. The van der Waals surface area contributed by atoms with Crippen LogP contribution in [0.3, 0.4) is 0 Å². The normalized spacial score (nSPS) is 26.7. The molecule has 2 aromatic rings. The van der Waals surface area contributed by atoms with Gasteiger partial charge in [-0.1, -0.05) is 103 Å². The SMILES string of the molecule is CC(C)c1ccccc1[Si](C)([N-]C(C)(C)C)C1C(C)C(C)C2c3ccccc3SC21.[CH3-].[CH3-].[CH3-].[Ti+4]. The van der Waals surface area contributed by atoms with Crippen LogP contribution in [0.5, 0.6) is 0 Å². The van der Waals surface area contributed by atoms with E-state index in [-0.39, 0.29) is 49.5 Å². The number of fused-ring (bicyclic) bond motifs is 3. The quantitative estimate of drug-likeness (QED) is 0.285. The van der Waals surface area contributed by atoms with E-state index < -0.39 is 8.24 Å². The Labute approximate surface area is 232 Å². The van der Waals surface area contributed by atoms with Crippen molar-refractivity contribution >= 4 is 25.2 Å². The van der Waals surface area contributed by atoms with Crippen molar-refractivity contribution in [3.8, 4) is 0 Å². The molecule has 34 heavy (non-hydrogen) atoms. The molecular weight excluding hydrogens is 482 g/mol. The fourth-order valence-corrected chi connectivity index (χ4v) is 14.7. The molecule has 0 bridgehead atoms. The van der Waals surface area contributed by atoms with E-state index in [1.54, 1.807) is 10.8 Å². The zero-order valence-corrected chi connectivity index (χ0v) is 26.8. The van der Waals surface area contributed by atoms with Gasteiger partial charge in [0.25, 0.3) is 0 Å². The van der Waals surface area contributed by atoms with Crippen LogP contribution in [0.1, 0.15) is 71.4 Å². The first kappa shape index (κ1) is 33.7. The van der Waals surface area contributed by atoms with E-state index in [1.807, 2.05) is 0 Å². The first-order chi connectivity index (χ1) is 14.0. The first-order valence-electron chi connectivity index (χ1n) is 11.6. The van der Waals surface area contributed by atoms with E-state index in [0.29, 0.717) is 34.5 Å². The van der Waals surface area contributed by atoms with Crippen LogP contribution in [0.25, 0.3) is 4.98 Å². The Morgan fingerprint density at radius 3 is 2.03 bits per heavy atom. The molecule has 0 spiro atoms. The molecule has 1 saturated carbocycles. The summed E-state index contributed by atoms with van der Waals surface area (Å²) in [7, 11) is -2.16. The van der Waals surface area contributed by atoms with Gasteiger partial charge in [-0.2, -0.15) is 0 Å². The maximum atomic E-state index is 5.77. The monoisotopic (exact) mass is 529 g/mol. The minimum absolute atomic E-state index is 0. The van der Waals surface area contributed by atoms with Crippen LogP contribution < -0.4 is 5.19 Å². The van der Waals surface area contributed by atoms with Gasteiger partial charge in [-0.25, -0.2) is 0 Å². The van der Waals surface area contributed by atoms with Crippen molar-refractivity contribution in [1.29, 1.82) is 0 Å². The molecule has 0 aromatic heterocycles. The first-order valence-corrected chi connectivity index (χ1v) is 15.0. The van der Waals surface area contributed by atoms with Gasteiger partial charge in [0.1, 0.15) is 0 Å². The standard InChI is InChI=1S/C27H38NSSi.3CH3.Ti/c1-17(2)20-13-10-12-16-23(20)30(8,28-27(5,6)7)26-19(4)18(3)24-21-14-9-11-15-22(21)29-25(24)26;;;;/h9-19,24-26H,1-8H3;3*1H3;/q4*-1;+4. The number of hydrogen-bond donors (Lipinski definition) is 0. The van der Waals surface area contributed by atoms with Crippen LogP contribution in [0.2, 0.25) is 12.1 Å². The van der Waals surface area contributed by atoms with Crippen molar-refractivity contribution in [1.82, 2.24) is 0 Å². The van der Waals surface area contributed by atoms with E-state index in [2.05, 4.69) is 115 Å². The van der Waals surface area contributed by atoms with E-state index in [4.69, 9.17) is 4.98 Å². The molecule has 6 unspecified atom stereocenters. The summed E-state index contributed by atoms with van der Waals surface area (Å²) < 4.78 is 0. The maximum absolute atomic E-state index is 5.77. The smallest absolute Gasteiger partial charge is 0.656 e. The molecule has 2 aromatic carbocycles. The summed E-state index contributed by atoms with van der Waals surface area (Å²) in [5.74, 6) is 2.58. The van der Waals surface area contributed by atoms with Gasteiger partial charge in [0.2, 0.25) is 0 Å². The topological polar surface area (TPSA) is 14.1 Å². The van der Waals surface area contributed by atoms with Crippen molar-refractivity contribution in [3.63, 3.8) is 0 Å². The zero-order valence-electron chi connectivity index (χ0n) is 23.4. The maximum Gasteiger partial charge on any atom is 4.00 e. The van der Waals surface area contributed by atoms with Crippen LogP contribution in [-0.2, 0) is 21.7 Å². The van der Waals surface area contributed by atoms with Crippen LogP contribution in [0.4, 0.5) is 0 Å². The Morgan fingerprint density at radius 2 is 1.44 bits per heavy atom. The summed E-state index contributed by atoms with van der Waals surface area (Å²) in [6, 6.07) is 18.4. The molecule has 186 valence electrons. The molecule has 2 aliphatic rings. The molecular formula is C30H47NSSiTi. The summed E-state index contributed by atoms with van der Waals surface area (Å²) in [6.45, 7) is 19.2. The Hall–Kier alpha value is -0.319. The second kappa shape index (κ2) is 12.3. The summed E-state index contributed by atoms with van der Waals surface area (Å²) in [6.07, 6.45) is 0. The van der Waals surface area contributed by atoms with E-state index >= 15 is 0 Å².